The van der Waals surface area contributed by atoms with Crippen LogP contribution < -0.4 is 4.74 Å². The van der Waals surface area contributed by atoms with E-state index in [1.54, 1.807) is 6.07 Å². The number of benzene rings is 1. The number of halogens is 1. The lowest BCUT2D eigenvalue weighted by molar-refractivity contribution is -0.142. The summed E-state index contributed by atoms with van der Waals surface area (Å²) in [6, 6.07) is 7.52. The van der Waals surface area contributed by atoms with Crippen LogP contribution in [0.2, 0.25) is 0 Å². The Kier molecular flexibility index (Phi) is 3.81. The molecule has 0 saturated heterocycles. The van der Waals surface area contributed by atoms with Gasteiger partial charge in [0.1, 0.15) is 5.75 Å². The van der Waals surface area contributed by atoms with Crippen molar-refractivity contribution < 1.29 is 14.3 Å². The van der Waals surface area contributed by atoms with Crippen molar-refractivity contribution in [2.75, 3.05) is 13.7 Å². The Balaban J connectivity index is 2.39. The third kappa shape index (κ3) is 2.79. The highest BCUT2D eigenvalue weighted by atomic mass is 79.9. The Morgan fingerprint density at radius 2 is 2.17 bits per heavy atom. The average Bonchev–Trinajstić information content (AvgIpc) is 2.34. The molecule has 0 fully saturated rings. The van der Waals surface area contributed by atoms with Gasteiger partial charge < -0.3 is 9.47 Å². The van der Waals surface area contributed by atoms with Crippen LogP contribution in [0.4, 0.5) is 0 Å². The SMILES string of the molecule is COC(=O)COc1cc(C)nc2cc(Br)ccc12. The summed E-state index contributed by atoms with van der Waals surface area (Å²) in [6.07, 6.45) is 0. The molecule has 5 heteroatoms. The van der Waals surface area contributed by atoms with Gasteiger partial charge in [-0.1, -0.05) is 15.9 Å². The maximum Gasteiger partial charge on any atom is 0.343 e. The maximum atomic E-state index is 11.1. The highest BCUT2D eigenvalue weighted by Crippen LogP contribution is 2.27. The number of aryl methyl sites for hydroxylation is 1. The number of carbonyl (C=O) groups is 1. The van der Waals surface area contributed by atoms with E-state index < -0.39 is 5.97 Å². The van der Waals surface area contributed by atoms with Gasteiger partial charge in [-0.15, -0.1) is 0 Å². The van der Waals surface area contributed by atoms with Crippen molar-refractivity contribution in [3.8, 4) is 5.75 Å². The fourth-order valence-corrected chi connectivity index (χ4v) is 1.96. The number of fused-ring (bicyclic) bond motifs is 1. The van der Waals surface area contributed by atoms with E-state index >= 15 is 0 Å². The largest absolute Gasteiger partial charge is 0.481 e. The van der Waals surface area contributed by atoms with E-state index in [4.69, 9.17) is 4.74 Å². The lowest BCUT2D eigenvalue weighted by Crippen LogP contribution is -2.12. The molecule has 1 aromatic heterocycles. The van der Waals surface area contributed by atoms with Gasteiger partial charge in [0.05, 0.1) is 12.6 Å². The second-order valence-electron chi connectivity index (χ2n) is 3.79. The van der Waals surface area contributed by atoms with Crippen LogP contribution in [-0.2, 0) is 9.53 Å². The van der Waals surface area contributed by atoms with Crippen molar-refractivity contribution in [1.82, 2.24) is 4.98 Å². The smallest absolute Gasteiger partial charge is 0.343 e. The third-order valence-electron chi connectivity index (χ3n) is 2.44. The molecule has 0 aliphatic heterocycles. The summed E-state index contributed by atoms with van der Waals surface area (Å²) in [5, 5.41) is 0.868. The molecule has 1 heterocycles. The van der Waals surface area contributed by atoms with E-state index in [2.05, 4.69) is 25.7 Å². The topological polar surface area (TPSA) is 48.4 Å². The number of hydrogen-bond acceptors (Lipinski definition) is 4. The number of esters is 1. The summed E-state index contributed by atoms with van der Waals surface area (Å²) in [7, 11) is 1.33. The van der Waals surface area contributed by atoms with Crippen LogP contribution in [0.5, 0.6) is 5.75 Å². The minimum absolute atomic E-state index is 0.106. The quantitative estimate of drug-likeness (QED) is 0.818. The third-order valence-corrected chi connectivity index (χ3v) is 2.93. The molecule has 0 aliphatic rings. The van der Waals surface area contributed by atoms with Gasteiger partial charge in [0, 0.05) is 21.6 Å². The summed E-state index contributed by atoms with van der Waals surface area (Å²) in [5.41, 5.74) is 1.66. The molecule has 94 valence electrons. The highest BCUT2D eigenvalue weighted by molar-refractivity contribution is 9.10. The summed E-state index contributed by atoms with van der Waals surface area (Å²) in [5.74, 6) is 0.227. The molecule has 0 bridgehead atoms. The lowest BCUT2D eigenvalue weighted by atomic mass is 10.2. The molecule has 0 amide bonds. The van der Waals surface area contributed by atoms with Crippen molar-refractivity contribution >= 4 is 32.8 Å². The number of aromatic nitrogens is 1. The van der Waals surface area contributed by atoms with E-state index in [0.29, 0.717) is 5.75 Å². The Hall–Kier alpha value is -1.62. The van der Waals surface area contributed by atoms with Crippen LogP contribution in [0.15, 0.2) is 28.7 Å². The van der Waals surface area contributed by atoms with Crippen LogP contribution in [-0.4, -0.2) is 24.7 Å². The number of methoxy groups -OCH3 is 1. The van der Waals surface area contributed by atoms with E-state index in [1.165, 1.54) is 7.11 Å². The monoisotopic (exact) mass is 309 g/mol. The molecule has 0 atom stereocenters. The molecule has 2 aromatic rings. The zero-order valence-corrected chi connectivity index (χ0v) is 11.7. The number of carbonyl (C=O) groups excluding carboxylic acids is 1. The van der Waals surface area contributed by atoms with Crippen molar-refractivity contribution in [2.24, 2.45) is 0 Å². The molecular weight excluding hydrogens is 298 g/mol. The van der Waals surface area contributed by atoms with Gasteiger partial charge >= 0.3 is 5.97 Å². The van der Waals surface area contributed by atoms with Gasteiger partial charge in [0.15, 0.2) is 6.61 Å². The van der Waals surface area contributed by atoms with Crippen molar-refractivity contribution in [1.29, 1.82) is 0 Å². The fourth-order valence-electron chi connectivity index (χ4n) is 1.61. The van der Waals surface area contributed by atoms with Gasteiger partial charge in [-0.25, -0.2) is 4.79 Å². The molecule has 0 radical (unpaired) electrons. The van der Waals surface area contributed by atoms with Crippen LogP contribution in [0, 0.1) is 6.92 Å². The Bertz CT molecular complexity index is 593. The molecule has 4 nitrogen and oxygen atoms in total. The number of nitrogens with zero attached hydrogens (tertiary/aromatic N) is 1. The van der Waals surface area contributed by atoms with Crippen LogP contribution >= 0.6 is 15.9 Å². The van der Waals surface area contributed by atoms with Crippen LogP contribution in [0.25, 0.3) is 10.9 Å². The fraction of sp³-hybridized carbons (Fsp3) is 0.231. The minimum Gasteiger partial charge on any atom is -0.481 e. The molecule has 1 aromatic carbocycles. The second kappa shape index (κ2) is 5.35. The molecular formula is C13H12BrNO3. The van der Waals surface area contributed by atoms with Crippen molar-refractivity contribution in [2.45, 2.75) is 6.92 Å². The molecule has 0 spiro atoms. The molecule has 0 unspecified atom stereocenters. The van der Waals surface area contributed by atoms with Crippen LogP contribution in [0.1, 0.15) is 5.69 Å². The first-order valence-corrected chi connectivity index (χ1v) is 6.16. The normalized spacial score (nSPS) is 10.4. The summed E-state index contributed by atoms with van der Waals surface area (Å²) in [4.78, 5) is 15.5. The van der Waals surface area contributed by atoms with Gasteiger partial charge in [-0.05, 0) is 25.1 Å². The highest BCUT2D eigenvalue weighted by Gasteiger charge is 2.08. The Morgan fingerprint density at radius 1 is 1.39 bits per heavy atom. The second-order valence-corrected chi connectivity index (χ2v) is 4.70. The number of rotatable bonds is 3. The van der Waals surface area contributed by atoms with Gasteiger partial charge in [-0.3, -0.25) is 4.98 Å². The summed E-state index contributed by atoms with van der Waals surface area (Å²) < 4.78 is 11.0. The zero-order valence-electron chi connectivity index (χ0n) is 10.1. The summed E-state index contributed by atoms with van der Waals surface area (Å²) >= 11 is 3.40. The molecule has 18 heavy (non-hydrogen) atoms. The van der Waals surface area contributed by atoms with Gasteiger partial charge in [0.2, 0.25) is 0 Å². The lowest BCUT2D eigenvalue weighted by Gasteiger charge is -2.09. The summed E-state index contributed by atoms with van der Waals surface area (Å²) in [6.45, 7) is 1.77. The number of ether oxygens (including phenoxy) is 2. The van der Waals surface area contributed by atoms with E-state index in [-0.39, 0.29) is 6.61 Å². The van der Waals surface area contributed by atoms with Gasteiger partial charge in [0.25, 0.3) is 0 Å². The Morgan fingerprint density at radius 3 is 2.89 bits per heavy atom. The molecule has 0 aliphatic carbocycles. The van der Waals surface area contributed by atoms with Crippen molar-refractivity contribution in [3.63, 3.8) is 0 Å². The number of pyridine rings is 1. The predicted molar refractivity (Wildman–Crippen MR) is 71.7 cm³/mol. The molecule has 2 rings (SSSR count). The van der Waals surface area contributed by atoms with Crippen LogP contribution in [0.3, 0.4) is 0 Å². The molecule has 0 N–H and O–H groups in total. The van der Waals surface area contributed by atoms with E-state index in [9.17, 15) is 4.79 Å². The standard InChI is InChI=1S/C13H12BrNO3/c1-8-5-12(18-7-13(16)17-2)10-4-3-9(14)6-11(10)15-8/h3-6H,7H2,1-2H3. The van der Waals surface area contributed by atoms with Gasteiger partial charge in [-0.2, -0.15) is 0 Å². The minimum atomic E-state index is -0.408. The van der Waals surface area contributed by atoms with E-state index in [0.717, 1.165) is 21.1 Å². The Labute approximate surface area is 113 Å². The van der Waals surface area contributed by atoms with Crippen molar-refractivity contribution in [3.05, 3.63) is 34.4 Å². The zero-order chi connectivity index (χ0) is 13.1. The predicted octanol–water partition coefficient (Wildman–Crippen LogP) is 2.86. The molecule has 0 saturated carbocycles. The maximum absolute atomic E-state index is 11.1. The first-order valence-electron chi connectivity index (χ1n) is 5.36. The number of hydrogen-bond donors (Lipinski definition) is 0. The average molecular weight is 310 g/mol. The first-order chi connectivity index (χ1) is 8.60. The first kappa shape index (κ1) is 12.8. The van der Waals surface area contributed by atoms with E-state index in [1.807, 2.05) is 25.1 Å².